The van der Waals surface area contributed by atoms with Crippen molar-refractivity contribution in [2.24, 2.45) is 0 Å². The lowest BCUT2D eigenvalue weighted by Gasteiger charge is -2.38. The van der Waals surface area contributed by atoms with Crippen LogP contribution in [-0.4, -0.2) is 55.9 Å². The van der Waals surface area contributed by atoms with Crippen molar-refractivity contribution in [3.8, 4) is 0 Å². The fourth-order valence-corrected chi connectivity index (χ4v) is 5.53. The van der Waals surface area contributed by atoms with Crippen LogP contribution in [0, 0.1) is 0 Å². The SMILES string of the molecule is O=C1N(CN2CCN(c3ccccc3)CC2)c2ccccc2C12O[C@H]1CCCC[C@@H]1O2. The summed E-state index contributed by atoms with van der Waals surface area (Å²) in [4.78, 5) is 20.4. The molecule has 0 unspecified atom stereocenters. The smallest absolute Gasteiger partial charge is 0.293 e. The number of carbonyl (C=O) groups is 1. The Bertz CT molecular complexity index is 943. The number of amides is 1. The van der Waals surface area contributed by atoms with Crippen molar-refractivity contribution >= 4 is 17.3 Å². The number of fused-ring (bicyclic) bond motifs is 3. The van der Waals surface area contributed by atoms with Crippen molar-refractivity contribution in [3.05, 3.63) is 60.2 Å². The van der Waals surface area contributed by atoms with Crippen LogP contribution in [0.1, 0.15) is 31.2 Å². The van der Waals surface area contributed by atoms with E-state index in [9.17, 15) is 4.79 Å². The zero-order valence-corrected chi connectivity index (χ0v) is 17.8. The molecule has 2 aromatic rings. The summed E-state index contributed by atoms with van der Waals surface area (Å²) in [6.07, 6.45) is 4.30. The first-order valence-electron chi connectivity index (χ1n) is 11.5. The van der Waals surface area contributed by atoms with Crippen LogP contribution in [0.15, 0.2) is 54.6 Å². The molecule has 162 valence electrons. The number of ether oxygens (including phenoxy) is 2. The Hall–Kier alpha value is -2.41. The van der Waals surface area contributed by atoms with Gasteiger partial charge in [0.25, 0.3) is 11.7 Å². The van der Waals surface area contributed by atoms with E-state index in [4.69, 9.17) is 9.47 Å². The maximum atomic E-state index is 13.7. The van der Waals surface area contributed by atoms with Crippen LogP contribution in [0.5, 0.6) is 0 Å². The van der Waals surface area contributed by atoms with Crippen LogP contribution in [0.2, 0.25) is 0 Å². The number of benzene rings is 2. The molecule has 3 heterocycles. The first-order chi connectivity index (χ1) is 15.2. The highest BCUT2D eigenvalue weighted by molar-refractivity contribution is 6.06. The molecule has 3 fully saturated rings. The van der Waals surface area contributed by atoms with Gasteiger partial charge >= 0.3 is 0 Å². The Kier molecular flexibility index (Phi) is 4.74. The first-order valence-corrected chi connectivity index (χ1v) is 11.5. The van der Waals surface area contributed by atoms with Gasteiger partial charge in [-0.3, -0.25) is 14.6 Å². The van der Waals surface area contributed by atoms with Gasteiger partial charge in [-0.15, -0.1) is 0 Å². The normalized spacial score (nSPS) is 27.5. The molecule has 6 rings (SSSR count). The third-order valence-corrected chi connectivity index (χ3v) is 7.19. The third kappa shape index (κ3) is 3.16. The van der Waals surface area contributed by atoms with Gasteiger partial charge in [0.05, 0.1) is 24.6 Å². The van der Waals surface area contributed by atoms with Gasteiger partial charge < -0.3 is 14.4 Å². The molecule has 0 aromatic heterocycles. The zero-order chi connectivity index (χ0) is 20.8. The van der Waals surface area contributed by atoms with Crippen LogP contribution in [0.4, 0.5) is 11.4 Å². The summed E-state index contributed by atoms with van der Waals surface area (Å²) >= 11 is 0. The van der Waals surface area contributed by atoms with E-state index in [1.165, 1.54) is 5.69 Å². The third-order valence-electron chi connectivity index (χ3n) is 7.19. The molecule has 6 nitrogen and oxygen atoms in total. The summed E-state index contributed by atoms with van der Waals surface area (Å²) in [5.41, 5.74) is 3.06. The molecule has 0 N–H and O–H groups in total. The van der Waals surface area contributed by atoms with Gasteiger partial charge in [-0.25, -0.2) is 0 Å². The van der Waals surface area contributed by atoms with Crippen LogP contribution in [0.25, 0.3) is 0 Å². The van der Waals surface area contributed by atoms with Crippen molar-refractivity contribution in [2.45, 2.75) is 43.7 Å². The maximum Gasteiger partial charge on any atom is 0.293 e. The molecule has 2 atom stereocenters. The maximum absolute atomic E-state index is 13.7. The van der Waals surface area contributed by atoms with Crippen LogP contribution in [0.3, 0.4) is 0 Å². The van der Waals surface area contributed by atoms with Gasteiger partial charge in [0.15, 0.2) is 0 Å². The van der Waals surface area contributed by atoms with E-state index < -0.39 is 5.79 Å². The van der Waals surface area contributed by atoms with Crippen LogP contribution in [-0.2, 0) is 20.1 Å². The fraction of sp³-hybridized carbons (Fsp3) is 0.480. The molecular weight excluding hydrogens is 390 g/mol. The minimum Gasteiger partial charge on any atom is -0.369 e. The Morgan fingerprint density at radius 2 is 1.48 bits per heavy atom. The predicted octanol–water partition coefficient (Wildman–Crippen LogP) is 3.32. The van der Waals surface area contributed by atoms with Gasteiger partial charge in [-0.1, -0.05) is 49.2 Å². The Balaban J connectivity index is 1.20. The molecule has 0 radical (unpaired) electrons. The second-order valence-electron chi connectivity index (χ2n) is 9.05. The number of nitrogens with zero attached hydrogens (tertiary/aromatic N) is 3. The van der Waals surface area contributed by atoms with Crippen molar-refractivity contribution in [2.75, 3.05) is 42.6 Å². The molecule has 4 aliphatic rings. The molecule has 1 aliphatic carbocycles. The van der Waals surface area contributed by atoms with E-state index in [0.717, 1.165) is 63.1 Å². The Morgan fingerprint density at radius 1 is 0.839 bits per heavy atom. The number of carbonyl (C=O) groups excluding carboxylic acids is 1. The standard InChI is InChI=1S/C25H29N3O3/c29-24-25(30-22-12-6-7-13-23(22)31-25)20-10-4-5-11-21(20)28(24)18-26-14-16-27(17-15-26)19-8-2-1-3-9-19/h1-5,8-11,22-23H,6-7,12-18H2/t22-,23-/m0/s1. The summed E-state index contributed by atoms with van der Waals surface area (Å²) < 4.78 is 12.8. The summed E-state index contributed by atoms with van der Waals surface area (Å²) in [6, 6.07) is 18.5. The summed E-state index contributed by atoms with van der Waals surface area (Å²) in [7, 11) is 0. The minimum absolute atomic E-state index is 0.0279. The van der Waals surface area contributed by atoms with E-state index in [0.29, 0.717) is 6.67 Å². The zero-order valence-electron chi connectivity index (χ0n) is 17.8. The van der Waals surface area contributed by atoms with E-state index in [2.05, 4.69) is 40.1 Å². The molecule has 2 aromatic carbocycles. The van der Waals surface area contributed by atoms with Gasteiger partial charge in [-0.2, -0.15) is 0 Å². The van der Waals surface area contributed by atoms with Gasteiger partial charge in [0.1, 0.15) is 0 Å². The molecule has 2 saturated heterocycles. The lowest BCUT2D eigenvalue weighted by Crippen LogP contribution is -2.52. The largest absolute Gasteiger partial charge is 0.369 e. The quantitative estimate of drug-likeness (QED) is 0.764. The summed E-state index contributed by atoms with van der Waals surface area (Å²) in [5.74, 6) is -1.31. The number of hydrogen-bond donors (Lipinski definition) is 0. The molecule has 0 bridgehead atoms. The lowest BCUT2D eigenvalue weighted by atomic mass is 9.95. The van der Waals surface area contributed by atoms with Gasteiger partial charge in [0, 0.05) is 37.4 Å². The molecule has 3 aliphatic heterocycles. The number of anilines is 2. The fourth-order valence-electron chi connectivity index (χ4n) is 5.53. The Morgan fingerprint density at radius 3 is 2.19 bits per heavy atom. The highest BCUT2D eigenvalue weighted by Crippen LogP contribution is 2.51. The monoisotopic (exact) mass is 419 g/mol. The van der Waals surface area contributed by atoms with Crippen LogP contribution < -0.4 is 9.80 Å². The van der Waals surface area contributed by atoms with Crippen molar-refractivity contribution in [1.29, 1.82) is 0 Å². The summed E-state index contributed by atoms with van der Waals surface area (Å²) in [6.45, 7) is 4.32. The second-order valence-corrected chi connectivity index (χ2v) is 9.05. The van der Waals surface area contributed by atoms with E-state index in [-0.39, 0.29) is 18.1 Å². The summed E-state index contributed by atoms with van der Waals surface area (Å²) in [5, 5.41) is 0. The number of para-hydroxylation sites is 2. The van der Waals surface area contributed by atoms with E-state index >= 15 is 0 Å². The molecular formula is C25H29N3O3. The van der Waals surface area contributed by atoms with Crippen molar-refractivity contribution in [3.63, 3.8) is 0 Å². The van der Waals surface area contributed by atoms with Gasteiger partial charge in [-0.05, 0) is 31.0 Å². The van der Waals surface area contributed by atoms with Crippen molar-refractivity contribution in [1.82, 2.24) is 4.90 Å². The van der Waals surface area contributed by atoms with Gasteiger partial charge in [0.2, 0.25) is 0 Å². The molecule has 1 spiro atoms. The lowest BCUT2D eigenvalue weighted by molar-refractivity contribution is -0.190. The highest BCUT2D eigenvalue weighted by Gasteiger charge is 2.61. The van der Waals surface area contributed by atoms with E-state index in [1.807, 2.05) is 29.2 Å². The second kappa shape index (κ2) is 7.62. The Labute approximate surface area is 183 Å². The number of piperazine rings is 1. The minimum atomic E-state index is -1.25. The average molecular weight is 420 g/mol. The topological polar surface area (TPSA) is 45.3 Å². The average Bonchev–Trinajstić information content (AvgIpc) is 3.33. The number of hydrogen-bond acceptors (Lipinski definition) is 5. The predicted molar refractivity (Wildman–Crippen MR) is 119 cm³/mol. The molecule has 31 heavy (non-hydrogen) atoms. The molecule has 6 heteroatoms. The number of rotatable bonds is 3. The molecule has 1 saturated carbocycles. The highest BCUT2D eigenvalue weighted by atomic mass is 16.8. The van der Waals surface area contributed by atoms with E-state index in [1.54, 1.807) is 0 Å². The first kappa shape index (κ1) is 19.3. The van der Waals surface area contributed by atoms with Crippen molar-refractivity contribution < 1.29 is 14.3 Å². The molecule has 1 amide bonds. The van der Waals surface area contributed by atoms with Crippen LogP contribution >= 0.6 is 0 Å².